The second-order valence-corrected chi connectivity index (χ2v) is 4.12. The van der Waals surface area contributed by atoms with Gasteiger partial charge in [0, 0.05) is 5.92 Å². The minimum atomic E-state index is -0.871. The van der Waals surface area contributed by atoms with E-state index in [4.69, 9.17) is 5.11 Å². The minimum absolute atomic E-state index is 0.0450. The summed E-state index contributed by atoms with van der Waals surface area (Å²) in [6.07, 6.45) is 4.66. The van der Waals surface area contributed by atoms with Crippen LogP contribution < -0.4 is 0 Å². The maximum absolute atomic E-state index is 11.1. The molecule has 0 saturated heterocycles. The second kappa shape index (κ2) is 2.87. The van der Waals surface area contributed by atoms with E-state index in [0.29, 0.717) is 0 Å². The zero-order valence-electron chi connectivity index (χ0n) is 6.88. The Hall–Kier alpha value is -0.770. The van der Waals surface area contributed by atoms with Gasteiger partial charge in [-0.25, -0.2) is 0 Å². The third-order valence-corrected chi connectivity index (χ3v) is 3.33. The summed E-state index contributed by atoms with van der Waals surface area (Å²) in [5, 5.41) is 8.65. The maximum atomic E-state index is 11.1. The summed E-state index contributed by atoms with van der Waals surface area (Å²) in [6, 6.07) is 0. The molecular weight excluding hydrogens is 188 g/mol. The lowest BCUT2D eigenvalue weighted by atomic mass is 9.84. The van der Waals surface area contributed by atoms with Gasteiger partial charge in [-0.2, -0.15) is 0 Å². The number of hydrogen-bond acceptors (Lipinski definition) is 2. The number of carbonyl (C=O) groups excluding carboxylic acids is 1. The molecule has 0 aromatic rings. The second-order valence-electron chi connectivity index (χ2n) is 3.68. The summed E-state index contributed by atoms with van der Waals surface area (Å²) >= 11 is 3.74. The lowest BCUT2D eigenvalue weighted by Crippen LogP contribution is -2.30. The van der Waals surface area contributed by atoms with Crippen LogP contribution in [0.3, 0.4) is 0 Å². The van der Waals surface area contributed by atoms with Crippen LogP contribution in [0.25, 0.3) is 0 Å². The third kappa shape index (κ3) is 1.20. The van der Waals surface area contributed by atoms with Crippen molar-refractivity contribution in [3.8, 4) is 0 Å². The van der Waals surface area contributed by atoms with Crippen molar-refractivity contribution in [2.75, 3.05) is 0 Å². The van der Waals surface area contributed by atoms with Crippen molar-refractivity contribution in [3.63, 3.8) is 0 Å². The molecule has 70 valence electrons. The Morgan fingerprint density at radius 2 is 1.77 bits per heavy atom. The van der Waals surface area contributed by atoms with Gasteiger partial charge in [0.1, 0.15) is 0 Å². The first-order valence-electron chi connectivity index (χ1n) is 4.25. The number of thiol groups is 1. The van der Waals surface area contributed by atoms with Gasteiger partial charge in [-0.3, -0.25) is 9.59 Å². The minimum Gasteiger partial charge on any atom is -0.481 e. The van der Waals surface area contributed by atoms with Crippen LogP contribution in [0, 0.1) is 23.7 Å². The Morgan fingerprint density at radius 1 is 1.23 bits per heavy atom. The first kappa shape index (κ1) is 8.81. The third-order valence-electron chi connectivity index (χ3n) is 3.03. The number of carbonyl (C=O) groups is 2. The van der Waals surface area contributed by atoms with E-state index in [1.165, 1.54) is 0 Å². The molecule has 0 aliphatic heterocycles. The summed E-state index contributed by atoms with van der Waals surface area (Å²) in [4.78, 5) is 22.0. The van der Waals surface area contributed by atoms with Crippen molar-refractivity contribution < 1.29 is 14.7 Å². The Kier molecular flexibility index (Phi) is 1.95. The van der Waals surface area contributed by atoms with Crippen LogP contribution in [-0.2, 0) is 9.59 Å². The summed E-state index contributed by atoms with van der Waals surface area (Å²) in [6.45, 7) is 0. The number of hydrogen-bond donors (Lipinski definition) is 2. The van der Waals surface area contributed by atoms with Crippen LogP contribution in [0.2, 0.25) is 0 Å². The van der Waals surface area contributed by atoms with Gasteiger partial charge in [-0.1, -0.05) is 12.2 Å². The van der Waals surface area contributed by atoms with E-state index in [-0.39, 0.29) is 17.0 Å². The van der Waals surface area contributed by atoms with Crippen LogP contribution >= 0.6 is 12.6 Å². The van der Waals surface area contributed by atoms with E-state index < -0.39 is 17.8 Å². The number of carboxylic acids is 1. The summed E-state index contributed by atoms with van der Waals surface area (Å²) in [5.74, 6) is -1.67. The Labute approximate surface area is 81.2 Å². The predicted octanol–water partition coefficient (Wildman–Crippen LogP) is 0.966. The summed E-state index contributed by atoms with van der Waals surface area (Å²) in [5.41, 5.74) is 0. The van der Waals surface area contributed by atoms with Crippen molar-refractivity contribution in [2.45, 2.75) is 6.42 Å². The van der Waals surface area contributed by atoms with E-state index in [0.717, 1.165) is 6.42 Å². The molecule has 1 fully saturated rings. The molecule has 1 saturated carbocycles. The molecule has 0 unspecified atom stereocenters. The zero-order chi connectivity index (χ0) is 9.59. The molecule has 0 amide bonds. The SMILES string of the molecule is O=C(S)[C@@H]1[C@H](C(=O)O)[C@H]2C=C[C@H]1C2. The highest BCUT2D eigenvalue weighted by Crippen LogP contribution is 2.48. The summed E-state index contributed by atoms with van der Waals surface area (Å²) in [7, 11) is 0. The van der Waals surface area contributed by atoms with Crippen molar-refractivity contribution in [3.05, 3.63) is 12.2 Å². The van der Waals surface area contributed by atoms with Crippen molar-refractivity contribution >= 4 is 23.7 Å². The van der Waals surface area contributed by atoms with Gasteiger partial charge < -0.3 is 5.11 Å². The van der Waals surface area contributed by atoms with Crippen LogP contribution in [0.15, 0.2) is 12.2 Å². The lowest BCUT2D eigenvalue weighted by molar-refractivity contribution is -0.146. The first-order chi connectivity index (χ1) is 6.11. The maximum Gasteiger partial charge on any atom is 0.307 e. The van der Waals surface area contributed by atoms with E-state index in [9.17, 15) is 9.59 Å². The molecule has 1 N–H and O–H groups in total. The number of allylic oxidation sites excluding steroid dienone is 2. The Balaban J connectivity index is 2.30. The molecular formula is C9H10O3S. The van der Waals surface area contributed by atoms with Gasteiger partial charge in [0.2, 0.25) is 0 Å². The van der Waals surface area contributed by atoms with Gasteiger partial charge in [0.15, 0.2) is 5.12 Å². The number of fused-ring (bicyclic) bond motifs is 2. The van der Waals surface area contributed by atoms with Gasteiger partial charge in [0.05, 0.1) is 5.92 Å². The molecule has 0 spiro atoms. The molecule has 0 radical (unpaired) electrons. The highest BCUT2D eigenvalue weighted by atomic mass is 32.1. The molecule has 2 aliphatic rings. The molecule has 0 aromatic heterocycles. The van der Waals surface area contributed by atoms with Crippen LogP contribution in [-0.4, -0.2) is 16.2 Å². The molecule has 13 heavy (non-hydrogen) atoms. The van der Waals surface area contributed by atoms with Gasteiger partial charge >= 0.3 is 5.97 Å². The molecule has 2 aliphatic carbocycles. The van der Waals surface area contributed by atoms with Crippen molar-refractivity contribution in [2.24, 2.45) is 23.7 Å². The van der Waals surface area contributed by atoms with E-state index in [1.54, 1.807) is 0 Å². The van der Waals surface area contributed by atoms with E-state index >= 15 is 0 Å². The van der Waals surface area contributed by atoms with Crippen LogP contribution in [0.4, 0.5) is 0 Å². The molecule has 2 bridgehead atoms. The largest absolute Gasteiger partial charge is 0.481 e. The molecule has 4 atom stereocenters. The molecule has 2 rings (SSSR count). The average molecular weight is 198 g/mol. The predicted molar refractivity (Wildman–Crippen MR) is 49.3 cm³/mol. The molecule has 3 nitrogen and oxygen atoms in total. The fourth-order valence-electron chi connectivity index (χ4n) is 2.50. The topological polar surface area (TPSA) is 54.4 Å². The molecule has 0 heterocycles. The number of rotatable bonds is 2. The van der Waals surface area contributed by atoms with Crippen molar-refractivity contribution in [1.29, 1.82) is 0 Å². The van der Waals surface area contributed by atoms with E-state index in [1.807, 2.05) is 12.2 Å². The number of carboxylic acid groups (broad SMARTS) is 1. The quantitative estimate of drug-likeness (QED) is 0.513. The van der Waals surface area contributed by atoms with Gasteiger partial charge in [-0.05, 0) is 18.3 Å². The fraction of sp³-hybridized carbons (Fsp3) is 0.556. The molecule has 4 heteroatoms. The highest BCUT2D eigenvalue weighted by molar-refractivity contribution is 7.96. The fourth-order valence-corrected chi connectivity index (χ4v) is 2.85. The standard InChI is InChI=1S/C9H10O3S/c10-8(11)6-4-1-2-5(3-4)7(6)9(12)13/h1-2,4-7H,3H2,(H,10,11)(H,12,13)/t4-,5-,6+,7-/m0/s1. The number of aliphatic carboxylic acids is 1. The van der Waals surface area contributed by atoms with E-state index in [2.05, 4.69) is 12.6 Å². The lowest BCUT2D eigenvalue weighted by Gasteiger charge is -2.21. The summed E-state index contributed by atoms with van der Waals surface area (Å²) < 4.78 is 0. The zero-order valence-corrected chi connectivity index (χ0v) is 7.78. The molecule has 0 aromatic carbocycles. The monoisotopic (exact) mass is 198 g/mol. The Bertz CT molecular complexity index is 269. The van der Waals surface area contributed by atoms with Gasteiger partial charge in [0.25, 0.3) is 0 Å². The van der Waals surface area contributed by atoms with Crippen LogP contribution in [0.5, 0.6) is 0 Å². The first-order valence-corrected chi connectivity index (χ1v) is 4.70. The average Bonchev–Trinajstić information content (AvgIpc) is 2.60. The van der Waals surface area contributed by atoms with Gasteiger partial charge in [-0.15, -0.1) is 12.6 Å². The normalized spacial score (nSPS) is 41.0. The van der Waals surface area contributed by atoms with Crippen molar-refractivity contribution in [1.82, 2.24) is 0 Å². The Morgan fingerprint density at radius 3 is 2.15 bits per heavy atom. The smallest absolute Gasteiger partial charge is 0.307 e. The highest BCUT2D eigenvalue weighted by Gasteiger charge is 2.50. The van der Waals surface area contributed by atoms with Crippen LogP contribution in [0.1, 0.15) is 6.42 Å².